The second kappa shape index (κ2) is 11.7. The quantitative estimate of drug-likeness (QED) is 0.602. The number of rotatable bonds is 12. The molecule has 0 radical (unpaired) electrons. The Balaban J connectivity index is 2.39. The van der Waals surface area contributed by atoms with Gasteiger partial charge in [-0.15, -0.1) is 0 Å². The minimum Gasteiger partial charge on any atom is -0.383 e. The minimum absolute atomic E-state index is 0.181. The monoisotopic (exact) mass is 297 g/mol. The van der Waals surface area contributed by atoms with Crippen LogP contribution in [0.15, 0.2) is 24.3 Å². The van der Waals surface area contributed by atoms with Gasteiger partial charge in [-0.2, -0.15) is 0 Å². The average Bonchev–Trinajstić information content (AvgIpc) is 2.50. The van der Waals surface area contributed by atoms with Crippen molar-refractivity contribution in [1.29, 1.82) is 0 Å². The maximum Gasteiger partial charge on any atom is 0.123 e. The van der Waals surface area contributed by atoms with Crippen LogP contribution in [-0.4, -0.2) is 40.0 Å². The van der Waals surface area contributed by atoms with Crippen LogP contribution in [-0.2, 0) is 15.9 Å². The normalized spacial score (nSPS) is 12.5. The lowest BCUT2D eigenvalue weighted by molar-refractivity contribution is 0.119. The highest BCUT2D eigenvalue weighted by Crippen LogP contribution is 2.13. The SMILES string of the molecule is CCCOCCC(CNCCOC)Cc1ccc(F)cc1. The molecule has 1 atom stereocenters. The van der Waals surface area contributed by atoms with Gasteiger partial charge >= 0.3 is 0 Å². The predicted molar refractivity (Wildman–Crippen MR) is 84.1 cm³/mol. The Kier molecular flexibility index (Phi) is 10.0. The zero-order chi connectivity index (χ0) is 15.3. The Morgan fingerprint density at radius 1 is 1.14 bits per heavy atom. The van der Waals surface area contributed by atoms with Crippen LogP contribution < -0.4 is 5.32 Å². The molecule has 0 aromatic heterocycles. The fraction of sp³-hybridized carbons (Fsp3) is 0.647. The molecule has 3 nitrogen and oxygen atoms in total. The van der Waals surface area contributed by atoms with E-state index in [1.807, 2.05) is 12.1 Å². The molecule has 0 bridgehead atoms. The van der Waals surface area contributed by atoms with E-state index in [2.05, 4.69) is 12.2 Å². The maximum absolute atomic E-state index is 13.0. The lowest BCUT2D eigenvalue weighted by Crippen LogP contribution is -2.28. The number of halogens is 1. The Morgan fingerprint density at radius 2 is 1.90 bits per heavy atom. The Hall–Kier alpha value is -0.970. The summed E-state index contributed by atoms with van der Waals surface area (Å²) < 4.78 is 23.6. The highest BCUT2D eigenvalue weighted by molar-refractivity contribution is 5.16. The average molecular weight is 297 g/mol. The number of nitrogens with one attached hydrogen (secondary N) is 1. The summed E-state index contributed by atoms with van der Waals surface area (Å²) in [5.74, 6) is 0.309. The van der Waals surface area contributed by atoms with Gasteiger partial charge < -0.3 is 14.8 Å². The molecule has 1 rings (SSSR count). The van der Waals surface area contributed by atoms with E-state index >= 15 is 0 Å². The molecule has 1 unspecified atom stereocenters. The van der Waals surface area contributed by atoms with Crippen molar-refractivity contribution < 1.29 is 13.9 Å². The van der Waals surface area contributed by atoms with Crippen LogP contribution in [0.2, 0.25) is 0 Å². The minimum atomic E-state index is -0.181. The fourth-order valence-electron chi connectivity index (χ4n) is 2.21. The predicted octanol–water partition coefficient (Wildman–Crippen LogP) is 3.04. The van der Waals surface area contributed by atoms with Crippen molar-refractivity contribution in [2.45, 2.75) is 26.2 Å². The molecule has 0 saturated carbocycles. The zero-order valence-electron chi connectivity index (χ0n) is 13.2. The molecule has 1 aromatic rings. The van der Waals surface area contributed by atoms with Crippen LogP contribution in [0.25, 0.3) is 0 Å². The summed E-state index contributed by atoms with van der Waals surface area (Å²) in [4.78, 5) is 0. The molecule has 0 aliphatic carbocycles. The molecule has 0 aliphatic rings. The molecule has 0 saturated heterocycles. The van der Waals surface area contributed by atoms with E-state index in [0.29, 0.717) is 5.92 Å². The van der Waals surface area contributed by atoms with Crippen molar-refractivity contribution in [1.82, 2.24) is 5.32 Å². The van der Waals surface area contributed by atoms with Crippen LogP contribution >= 0.6 is 0 Å². The summed E-state index contributed by atoms with van der Waals surface area (Å²) in [7, 11) is 1.70. The summed E-state index contributed by atoms with van der Waals surface area (Å²) in [6.45, 7) is 6.21. The number of hydrogen-bond acceptors (Lipinski definition) is 3. The van der Waals surface area contributed by atoms with Crippen molar-refractivity contribution in [3.63, 3.8) is 0 Å². The second-order valence-corrected chi connectivity index (χ2v) is 5.29. The van der Waals surface area contributed by atoms with Gasteiger partial charge in [0.1, 0.15) is 5.82 Å². The van der Waals surface area contributed by atoms with Gasteiger partial charge in [-0.25, -0.2) is 4.39 Å². The van der Waals surface area contributed by atoms with Gasteiger partial charge in [-0.1, -0.05) is 19.1 Å². The number of methoxy groups -OCH3 is 1. The molecule has 1 aromatic carbocycles. The molecule has 4 heteroatoms. The van der Waals surface area contributed by atoms with Crippen molar-refractivity contribution >= 4 is 0 Å². The first-order chi connectivity index (χ1) is 10.3. The standard InChI is InChI=1S/C17H28FNO2/c1-3-10-21-11-8-16(14-19-9-12-20-2)13-15-4-6-17(18)7-5-15/h4-7,16,19H,3,8-14H2,1-2H3. The summed E-state index contributed by atoms with van der Waals surface area (Å²) in [5.41, 5.74) is 1.17. The summed E-state index contributed by atoms with van der Waals surface area (Å²) >= 11 is 0. The lowest BCUT2D eigenvalue weighted by atomic mass is 9.96. The second-order valence-electron chi connectivity index (χ2n) is 5.29. The third-order valence-corrected chi connectivity index (χ3v) is 3.37. The molecule has 0 spiro atoms. The molecular formula is C17H28FNO2. The first-order valence-electron chi connectivity index (χ1n) is 7.78. The summed E-state index contributed by atoms with van der Waals surface area (Å²) in [6, 6.07) is 6.78. The molecular weight excluding hydrogens is 269 g/mol. The Bertz CT molecular complexity index is 344. The van der Waals surface area contributed by atoms with Gasteiger partial charge in [0.25, 0.3) is 0 Å². The smallest absolute Gasteiger partial charge is 0.123 e. The van der Waals surface area contributed by atoms with Gasteiger partial charge in [-0.05, 0) is 49.4 Å². The Labute approximate surface area is 127 Å². The van der Waals surface area contributed by atoms with Gasteiger partial charge in [0.2, 0.25) is 0 Å². The number of hydrogen-bond donors (Lipinski definition) is 1. The fourth-order valence-corrected chi connectivity index (χ4v) is 2.21. The van der Waals surface area contributed by atoms with Gasteiger partial charge in [-0.3, -0.25) is 0 Å². The molecule has 0 fully saturated rings. The van der Waals surface area contributed by atoms with Crippen molar-refractivity contribution in [2.75, 3.05) is 40.0 Å². The Morgan fingerprint density at radius 3 is 2.57 bits per heavy atom. The highest BCUT2D eigenvalue weighted by atomic mass is 19.1. The summed E-state index contributed by atoms with van der Waals surface area (Å²) in [5, 5.41) is 3.40. The molecule has 0 amide bonds. The van der Waals surface area contributed by atoms with Crippen LogP contribution in [0.1, 0.15) is 25.3 Å². The molecule has 0 heterocycles. The van der Waals surface area contributed by atoms with E-state index < -0.39 is 0 Å². The van der Waals surface area contributed by atoms with Crippen molar-refractivity contribution in [2.24, 2.45) is 5.92 Å². The number of benzene rings is 1. The first-order valence-corrected chi connectivity index (χ1v) is 7.78. The molecule has 0 aliphatic heterocycles. The highest BCUT2D eigenvalue weighted by Gasteiger charge is 2.10. The van der Waals surface area contributed by atoms with Gasteiger partial charge in [0.05, 0.1) is 6.61 Å². The molecule has 120 valence electrons. The van der Waals surface area contributed by atoms with Crippen LogP contribution in [0.3, 0.4) is 0 Å². The van der Waals surface area contributed by atoms with E-state index in [1.165, 1.54) is 17.7 Å². The van der Waals surface area contributed by atoms with Gasteiger partial charge in [0.15, 0.2) is 0 Å². The summed E-state index contributed by atoms with van der Waals surface area (Å²) in [6.07, 6.45) is 3.00. The van der Waals surface area contributed by atoms with Crippen LogP contribution in [0.5, 0.6) is 0 Å². The first kappa shape index (κ1) is 18.1. The lowest BCUT2D eigenvalue weighted by Gasteiger charge is -2.18. The van der Waals surface area contributed by atoms with E-state index in [0.717, 1.165) is 52.2 Å². The largest absolute Gasteiger partial charge is 0.383 e. The zero-order valence-corrected chi connectivity index (χ0v) is 13.2. The third-order valence-electron chi connectivity index (χ3n) is 3.37. The topological polar surface area (TPSA) is 30.5 Å². The molecule has 21 heavy (non-hydrogen) atoms. The van der Waals surface area contributed by atoms with Gasteiger partial charge in [0, 0.05) is 26.9 Å². The number of ether oxygens (including phenoxy) is 2. The van der Waals surface area contributed by atoms with Crippen molar-refractivity contribution in [3.05, 3.63) is 35.6 Å². The van der Waals surface area contributed by atoms with E-state index in [1.54, 1.807) is 7.11 Å². The van der Waals surface area contributed by atoms with E-state index in [9.17, 15) is 4.39 Å². The third kappa shape index (κ3) is 8.81. The van der Waals surface area contributed by atoms with Crippen LogP contribution in [0.4, 0.5) is 4.39 Å². The van der Waals surface area contributed by atoms with E-state index in [4.69, 9.17) is 9.47 Å². The van der Waals surface area contributed by atoms with E-state index in [-0.39, 0.29) is 5.82 Å². The maximum atomic E-state index is 13.0. The molecule has 1 N–H and O–H groups in total. The van der Waals surface area contributed by atoms with Crippen molar-refractivity contribution in [3.8, 4) is 0 Å². The van der Waals surface area contributed by atoms with Crippen LogP contribution in [0, 0.1) is 11.7 Å².